The Morgan fingerprint density at radius 3 is 2.30 bits per heavy atom. The number of carbonyl (C=O) groups is 1. The number of rotatable bonds is 8. The summed E-state index contributed by atoms with van der Waals surface area (Å²) in [5.74, 6) is 1.91. The van der Waals surface area contributed by atoms with Crippen molar-refractivity contribution in [3.05, 3.63) is 54.1 Å². The Bertz CT molecular complexity index is 1200. The number of benzene rings is 2. The Kier molecular flexibility index (Phi) is 6.17. The molecule has 1 fully saturated rings. The van der Waals surface area contributed by atoms with Gasteiger partial charge in [-0.15, -0.1) is 6.42 Å². The van der Waals surface area contributed by atoms with Gasteiger partial charge in [-0.3, -0.25) is 9.10 Å². The van der Waals surface area contributed by atoms with Gasteiger partial charge in [0.2, 0.25) is 15.9 Å². The molecule has 2 aromatic carbocycles. The third kappa shape index (κ3) is 4.81. The van der Waals surface area contributed by atoms with Crippen LogP contribution in [0.5, 0.6) is 0 Å². The van der Waals surface area contributed by atoms with Gasteiger partial charge in [0, 0.05) is 18.7 Å². The second kappa shape index (κ2) is 8.47. The highest BCUT2D eigenvalue weighted by molar-refractivity contribution is 7.93. The average Bonchev–Trinajstić information content (AvgIpc) is 3.55. The van der Waals surface area contributed by atoms with E-state index in [9.17, 15) is 21.6 Å². The van der Waals surface area contributed by atoms with Crippen molar-refractivity contribution >= 4 is 31.6 Å². The van der Waals surface area contributed by atoms with Crippen molar-refractivity contribution in [1.82, 2.24) is 10.0 Å². The van der Waals surface area contributed by atoms with Gasteiger partial charge in [-0.1, -0.05) is 12.0 Å². The minimum Gasteiger partial charge on any atom is -0.358 e. The van der Waals surface area contributed by atoms with Crippen LogP contribution >= 0.6 is 0 Å². The predicted molar refractivity (Wildman–Crippen MR) is 113 cm³/mol. The van der Waals surface area contributed by atoms with Crippen molar-refractivity contribution in [2.24, 2.45) is 0 Å². The van der Waals surface area contributed by atoms with Gasteiger partial charge in [0.05, 0.1) is 15.5 Å². The highest BCUT2D eigenvalue weighted by Crippen LogP contribution is 2.26. The molecule has 1 amide bonds. The molecule has 0 aromatic heterocycles. The molecule has 8 nitrogen and oxygen atoms in total. The molecule has 0 bridgehead atoms. The number of nitrogens with one attached hydrogen (secondary N) is 2. The average molecular weight is 448 g/mol. The summed E-state index contributed by atoms with van der Waals surface area (Å²) in [5.41, 5.74) is 0.679. The van der Waals surface area contributed by atoms with E-state index in [1.165, 1.54) is 43.4 Å². The SMILES string of the molecule is C#Cc1cccc(N(CC(=O)NC)S(=O)(=O)c2ccc(S(=O)(=O)NC3CC3)cc2)c1. The molecular formula is C20H21N3O5S2. The fourth-order valence-corrected chi connectivity index (χ4v) is 5.40. The van der Waals surface area contributed by atoms with Crippen molar-refractivity contribution in [3.63, 3.8) is 0 Å². The first-order chi connectivity index (χ1) is 14.2. The van der Waals surface area contributed by atoms with Crippen LogP contribution < -0.4 is 14.3 Å². The largest absolute Gasteiger partial charge is 0.358 e. The number of hydrogen-bond acceptors (Lipinski definition) is 5. The Labute approximate surface area is 176 Å². The van der Waals surface area contributed by atoms with Gasteiger partial charge in [0.15, 0.2) is 0 Å². The molecule has 3 rings (SSSR count). The lowest BCUT2D eigenvalue weighted by Gasteiger charge is -2.24. The monoisotopic (exact) mass is 447 g/mol. The van der Waals surface area contributed by atoms with Crippen LogP contribution in [0, 0.1) is 12.3 Å². The zero-order valence-electron chi connectivity index (χ0n) is 16.2. The molecule has 2 aromatic rings. The van der Waals surface area contributed by atoms with Crippen LogP contribution in [0.15, 0.2) is 58.3 Å². The number of terminal acetylenes is 1. The van der Waals surface area contributed by atoms with Crippen LogP contribution in [0.4, 0.5) is 5.69 Å². The standard InChI is InChI=1S/C20H21N3O5S2/c1-3-15-5-4-6-17(13-15)23(14-20(24)21-2)30(27,28)19-11-9-18(10-12-19)29(25,26)22-16-7-8-16/h1,4-6,9-13,16,22H,7-8,14H2,2H3,(H,21,24). The number of likely N-dealkylation sites (N-methyl/N-ethyl adjacent to an activating group) is 1. The van der Waals surface area contributed by atoms with Gasteiger partial charge < -0.3 is 5.32 Å². The minimum atomic E-state index is -4.17. The molecule has 0 saturated heterocycles. The van der Waals surface area contributed by atoms with Crippen molar-refractivity contribution in [2.75, 3.05) is 17.9 Å². The number of sulfonamides is 2. The second-order valence-electron chi connectivity index (χ2n) is 6.75. The molecule has 158 valence electrons. The topological polar surface area (TPSA) is 113 Å². The molecule has 0 spiro atoms. The predicted octanol–water partition coefficient (Wildman–Crippen LogP) is 1.05. The summed E-state index contributed by atoms with van der Waals surface area (Å²) in [6.07, 6.45) is 6.98. The van der Waals surface area contributed by atoms with E-state index in [4.69, 9.17) is 6.42 Å². The summed E-state index contributed by atoms with van der Waals surface area (Å²) >= 11 is 0. The zero-order chi connectivity index (χ0) is 21.9. The van der Waals surface area contributed by atoms with Gasteiger partial charge in [0.25, 0.3) is 10.0 Å². The minimum absolute atomic E-state index is 0.0273. The number of anilines is 1. The van der Waals surface area contributed by atoms with Crippen LogP contribution in [0.1, 0.15) is 18.4 Å². The van der Waals surface area contributed by atoms with E-state index < -0.39 is 32.5 Å². The molecule has 1 aliphatic carbocycles. The number of nitrogens with zero attached hydrogens (tertiary/aromatic N) is 1. The first kappa shape index (κ1) is 21.8. The van der Waals surface area contributed by atoms with E-state index in [2.05, 4.69) is 16.0 Å². The highest BCUT2D eigenvalue weighted by Gasteiger charge is 2.30. The first-order valence-electron chi connectivity index (χ1n) is 9.10. The van der Waals surface area contributed by atoms with Gasteiger partial charge in [0.1, 0.15) is 6.54 Å². The lowest BCUT2D eigenvalue weighted by Crippen LogP contribution is -2.39. The molecular weight excluding hydrogens is 426 g/mol. The quantitative estimate of drug-likeness (QED) is 0.588. The summed E-state index contributed by atoms with van der Waals surface area (Å²) in [4.78, 5) is 11.8. The van der Waals surface area contributed by atoms with Crippen molar-refractivity contribution in [2.45, 2.75) is 28.7 Å². The van der Waals surface area contributed by atoms with Crippen molar-refractivity contribution < 1.29 is 21.6 Å². The normalized spacial score (nSPS) is 14.0. The maximum Gasteiger partial charge on any atom is 0.264 e. The number of hydrogen-bond donors (Lipinski definition) is 2. The molecule has 0 heterocycles. The lowest BCUT2D eigenvalue weighted by molar-refractivity contribution is -0.119. The zero-order valence-corrected chi connectivity index (χ0v) is 17.8. The second-order valence-corrected chi connectivity index (χ2v) is 10.3. The van der Waals surface area contributed by atoms with E-state index >= 15 is 0 Å². The fraction of sp³-hybridized carbons (Fsp3) is 0.250. The molecule has 30 heavy (non-hydrogen) atoms. The van der Waals surface area contributed by atoms with E-state index in [-0.39, 0.29) is 21.5 Å². The molecule has 1 aliphatic rings. The van der Waals surface area contributed by atoms with Crippen LogP contribution in [0.25, 0.3) is 0 Å². The van der Waals surface area contributed by atoms with Gasteiger partial charge in [-0.05, 0) is 55.3 Å². The molecule has 0 unspecified atom stereocenters. The number of amides is 1. The summed E-state index contributed by atoms with van der Waals surface area (Å²) < 4.78 is 54.6. The smallest absolute Gasteiger partial charge is 0.264 e. The molecule has 0 radical (unpaired) electrons. The molecule has 0 aliphatic heterocycles. The molecule has 0 atom stereocenters. The first-order valence-corrected chi connectivity index (χ1v) is 12.0. The maximum atomic E-state index is 13.3. The highest BCUT2D eigenvalue weighted by atomic mass is 32.2. The van der Waals surface area contributed by atoms with E-state index in [1.807, 2.05) is 0 Å². The van der Waals surface area contributed by atoms with Gasteiger partial charge in [-0.25, -0.2) is 21.6 Å². The lowest BCUT2D eigenvalue weighted by atomic mass is 10.2. The fourth-order valence-electron chi connectivity index (χ4n) is 2.68. The molecule has 1 saturated carbocycles. The van der Waals surface area contributed by atoms with Crippen LogP contribution in [0.3, 0.4) is 0 Å². The third-order valence-electron chi connectivity index (χ3n) is 4.49. The Morgan fingerprint density at radius 2 is 1.73 bits per heavy atom. The molecule has 10 heteroatoms. The van der Waals surface area contributed by atoms with Gasteiger partial charge >= 0.3 is 0 Å². The number of carbonyl (C=O) groups excluding carboxylic acids is 1. The van der Waals surface area contributed by atoms with Crippen molar-refractivity contribution in [1.29, 1.82) is 0 Å². The van der Waals surface area contributed by atoms with Gasteiger partial charge in [-0.2, -0.15) is 0 Å². The summed E-state index contributed by atoms with van der Waals surface area (Å²) in [5, 5.41) is 2.40. The van der Waals surface area contributed by atoms with E-state index in [1.54, 1.807) is 12.1 Å². The van der Waals surface area contributed by atoms with E-state index in [0.29, 0.717) is 5.56 Å². The summed E-state index contributed by atoms with van der Waals surface area (Å²) in [7, 11) is -6.48. The van der Waals surface area contributed by atoms with Crippen LogP contribution in [-0.2, 0) is 24.8 Å². The van der Waals surface area contributed by atoms with Crippen LogP contribution in [0.2, 0.25) is 0 Å². The molecule has 2 N–H and O–H groups in total. The summed E-state index contributed by atoms with van der Waals surface area (Å²) in [6, 6.07) is 11.1. The van der Waals surface area contributed by atoms with Crippen molar-refractivity contribution in [3.8, 4) is 12.3 Å². The Balaban J connectivity index is 1.97. The van der Waals surface area contributed by atoms with Crippen LogP contribution in [-0.4, -0.2) is 42.4 Å². The third-order valence-corrected chi connectivity index (χ3v) is 7.81. The Morgan fingerprint density at radius 1 is 1.10 bits per heavy atom. The Hall–Kier alpha value is -2.87. The maximum absolute atomic E-state index is 13.3. The van der Waals surface area contributed by atoms with E-state index in [0.717, 1.165) is 17.1 Å². The summed E-state index contributed by atoms with van der Waals surface area (Å²) in [6.45, 7) is -0.462.